The number of benzene rings is 2. The molecule has 38 heavy (non-hydrogen) atoms. The highest BCUT2D eigenvalue weighted by Crippen LogP contribution is 2.49. The third-order valence-corrected chi connectivity index (χ3v) is 7.83. The number of ether oxygens (including phenoxy) is 1. The maximum atomic E-state index is 14.5. The number of unbranched alkanes of at least 4 members (excludes halogenated alkanes) is 2. The van der Waals surface area contributed by atoms with Gasteiger partial charge in [-0.3, -0.25) is 14.5 Å². The van der Waals surface area contributed by atoms with Crippen LogP contribution in [0.5, 0.6) is 5.75 Å². The summed E-state index contributed by atoms with van der Waals surface area (Å²) in [5.41, 5.74) is 4.11. The Bertz CT molecular complexity index is 1180. The van der Waals surface area contributed by atoms with Gasteiger partial charge in [-0.1, -0.05) is 78.1 Å². The van der Waals surface area contributed by atoms with E-state index in [1.165, 1.54) is 0 Å². The van der Waals surface area contributed by atoms with Crippen LogP contribution in [0.3, 0.4) is 0 Å². The van der Waals surface area contributed by atoms with E-state index in [0.29, 0.717) is 18.6 Å². The highest BCUT2D eigenvalue weighted by atomic mass is 16.5. The lowest BCUT2D eigenvalue weighted by Gasteiger charge is -2.38. The van der Waals surface area contributed by atoms with Crippen molar-refractivity contribution in [3.8, 4) is 5.75 Å². The van der Waals surface area contributed by atoms with Crippen molar-refractivity contribution >= 4 is 23.1 Å². The standard InChI is InChI=1S/C33H44N2O3/c1-6-9-14-23(8-3)32(37)35-28-18-12-11-17-26(28)34-27-21-33(4,5)22-29(36)30(27)31(35)24-15-13-16-25(20-24)38-19-10-7-2/h11-13,15-18,20,23,31,34H,6-10,14,19,21-22H2,1-5H3/t23-,31+/m0/s1. The molecule has 1 aliphatic heterocycles. The van der Waals surface area contributed by atoms with E-state index in [0.717, 1.165) is 73.3 Å². The lowest BCUT2D eigenvalue weighted by atomic mass is 9.73. The minimum Gasteiger partial charge on any atom is -0.494 e. The van der Waals surface area contributed by atoms with E-state index in [2.05, 4.69) is 39.9 Å². The number of hydrogen-bond acceptors (Lipinski definition) is 4. The Balaban J connectivity index is 1.92. The minimum absolute atomic E-state index is 0.0869. The summed E-state index contributed by atoms with van der Waals surface area (Å²) in [5.74, 6) is 0.867. The fourth-order valence-corrected chi connectivity index (χ4v) is 5.80. The molecule has 1 aliphatic carbocycles. The minimum atomic E-state index is -0.511. The summed E-state index contributed by atoms with van der Waals surface area (Å²) >= 11 is 0. The Hall–Kier alpha value is -3.08. The molecule has 1 amide bonds. The Kier molecular flexibility index (Phi) is 8.96. The third kappa shape index (κ3) is 5.98. The molecule has 2 aromatic rings. The van der Waals surface area contributed by atoms with Gasteiger partial charge < -0.3 is 10.1 Å². The molecular formula is C33H44N2O3. The first-order valence-corrected chi connectivity index (χ1v) is 14.5. The van der Waals surface area contributed by atoms with Crippen molar-refractivity contribution in [2.75, 3.05) is 16.8 Å². The zero-order valence-corrected chi connectivity index (χ0v) is 23.8. The molecule has 204 valence electrons. The van der Waals surface area contributed by atoms with Gasteiger partial charge in [0.1, 0.15) is 5.75 Å². The number of fused-ring (bicyclic) bond motifs is 1. The summed E-state index contributed by atoms with van der Waals surface area (Å²) in [6.45, 7) is 11.3. The van der Waals surface area contributed by atoms with Gasteiger partial charge in [0.15, 0.2) is 5.78 Å². The smallest absolute Gasteiger partial charge is 0.231 e. The van der Waals surface area contributed by atoms with Crippen LogP contribution in [0.15, 0.2) is 59.8 Å². The van der Waals surface area contributed by atoms with Crippen molar-refractivity contribution in [2.45, 2.75) is 92.0 Å². The molecule has 2 aromatic carbocycles. The van der Waals surface area contributed by atoms with Gasteiger partial charge in [-0.2, -0.15) is 0 Å². The second-order valence-electron chi connectivity index (χ2n) is 11.6. The van der Waals surface area contributed by atoms with Gasteiger partial charge >= 0.3 is 0 Å². The van der Waals surface area contributed by atoms with Crippen LogP contribution in [0.2, 0.25) is 0 Å². The molecule has 0 radical (unpaired) electrons. The predicted molar refractivity (Wildman–Crippen MR) is 155 cm³/mol. The lowest BCUT2D eigenvalue weighted by Crippen LogP contribution is -2.42. The van der Waals surface area contributed by atoms with E-state index in [1.54, 1.807) is 0 Å². The first-order valence-electron chi connectivity index (χ1n) is 14.5. The number of para-hydroxylation sites is 2. The van der Waals surface area contributed by atoms with E-state index in [9.17, 15) is 9.59 Å². The molecule has 0 unspecified atom stereocenters. The topological polar surface area (TPSA) is 58.6 Å². The summed E-state index contributed by atoms with van der Waals surface area (Å²) in [5, 5.41) is 3.62. The van der Waals surface area contributed by atoms with E-state index >= 15 is 0 Å². The van der Waals surface area contributed by atoms with Gasteiger partial charge in [0.2, 0.25) is 5.91 Å². The maximum absolute atomic E-state index is 14.5. The van der Waals surface area contributed by atoms with Crippen LogP contribution < -0.4 is 15.0 Å². The SMILES string of the molecule is CCCCOc1cccc([C@@H]2C3=C(CC(C)(C)CC3=O)Nc3ccccc3N2C(=O)[C@@H](CC)CCCC)c1. The highest BCUT2D eigenvalue weighted by Gasteiger charge is 2.44. The number of carbonyl (C=O) groups is 2. The van der Waals surface area contributed by atoms with Gasteiger partial charge in [0.25, 0.3) is 0 Å². The van der Waals surface area contributed by atoms with E-state index in [1.807, 2.05) is 53.4 Å². The molecule has 2 aliphatic rings. The van der Waals surface area contributed by atoms with Gasteiger partial charge in [-0.25, -0.2) is 0 Å². The molecule has 0 fully saturated rings. The first kappa shape index (κ1) is 27.9. The molecule has 0 bridgehead atoms. The van der Waals surface area contributed by atoms with Crippen molar-refractivity contribution in [3.63, 3.8) is 0 Å². The third-order valence-electron chi connectivity index (χ3n) is 7.83. The van der Waals surface area contributed by atoms with Gasteiger partial charge in [0.05, 0.1) is 24.0 Å². The molecule has 2 atom stereocenters. The van der Waals surface area contributed by atoms with E-state index < -0.39 is 6.04 Å². The number of ketones is 1. The number of carbonyl (C=O) groups excluding carboxylic acids is 2. The summed E-state index contributed by atoms with van der Waals surface area (Å²) in [6, 6.07) is 15.5. The van der Waals surface area contributed by atoms with Crippen LogP contribution in [0.1, 0.15) is 97.6 Å². The number of nitrogens with one attached hydrogen (secondary N) is 1. The summed E-state index contributed by atoms with van der Waals surface area (Å²) in [6.07, 6.45) is 6.92. The van der Waals surface area contributed by atoms with Crippen molar-refractivity contribution in [1.29, 1.82) is 0 Å². The maximum Gasteiger partial charge on any atom is 0.231 e. The lowest BCUT2D eigenvalue weighted by molar-refractivity contribution is -0.123. The second kappa shape index (κ2) is 12.2. The van der Waals surface area contributed by atoms with Crippen LogP contribution in [0.25, 0.3) is 0 Å². The average molecular weight is 517 g/mol. The Morgan fingerprint density at radius 3 is 2.55 bits per heavy atom. The van der Waals surface area contributed by atoms with Crippen LogP contribution >= 0.6 is 0 Å². The van der Waals surface area contributed by atoms with Crippen LogP contribution in [0.4, 0.5) is 11.4 Å². The predicted octanol–water partition coefficient (Wildman–Crippen LogP) is 8.22. The van der Waals surface area contributed by atoms with Gasteiger partial charge in [0, 0.05) is 23.6 Å². The number of anilines is 2. The summed E-state index contributed by atoms with van der Waals surface area (Å²) in [7, 11) is 0. The molecule has 0 aromatic heterocycles. The molecule has 5 nitrogen and oxygen atoms in total. The van der Waals surface area contributed by atoms with Crippen molar-refractivity contribution in [2.24, 2.45) is 11.3 Å². The molecule has 1 N–H and O–H groups in total. The number of nitrogens with zero attached hydrogens (tertiary/aromatic N) is 1. The first-order chi connectivity index (χ1) is 18.3. The Morgan fingerprint density at radius 1 is 1.05 bits per heavy atom. The molecular weight excluding hydrogens is 472 g/mol. The van der Waals surface area contributed by atoms with Gasteiger partial charge in [-0.15, -0.1) is 0 Å². The molecule has 0 spiro atoms. The second-order valence-corrected chi connectivity index (χ2v) is 11.6. The summed E-state index contributed by atoms with van der Waals surface area (Å²) in [4.78, 5) is 30.3. The normalized spacial score (nSPS) is 19.2. The number of rotatable bonds is 10. The van der Waals surface area contributed by atoms with Crippen molar-refractivity contribution in [3.05, 3.63) is 65.4 Å². The molecule has 0 saturated carbocycles. The zero-order chi connectivity index (χ0) is 27.3. The zero-order valence-electron chi connectivity index (χ0n) is 23.8. The van der Waals surface area contributed by atoms with Crippen LogP contribution in [0, 0.1) is 11.3 Å². The van der Waals surface area contributed by atoms with E-state index in [4.69, 9.17) is 4.74 Å². The van der Waals surface area contributed by atoms with Gasteiger partial charge in [-0.05, 0) is 60.9 Å². The Labute approximate surface area is 228 Å². The number of allylic oxidation sites excluding steroid dienone is 1. The highest BCUT2D eigenvalue weighted by molar-refractivity contribution is 6.06. The van der Waals surface area contributed by atoms with Crippen molar-refractivity contribution in [1.82, 2.24) is 0 Å². The number of hydrogen-bond donors (Lipinski definition) is 1. The van der Waals surface area contributed by atoms with Crippen molar-refractivity contribution < 1.29 is 14.3 Å². The number of Topliss-reactive ketones (excluding diaryl/α,β-unsaturated/α-hetero) is 1. The largest absolute Gasteiger partial charge is 0.494 e. The average Bonchev–Trinajstić information content (AvgIpc) is 3.03. The monoisotopic (exact) mass is 516 g/mol. The Morgan fingerprint density at radius 2 is 1.82 bits per heavy atom. The molecule has 1 heterocycles. The summed E-state index contributed by atoms with van der Waals surface area (Å²) < 4.78 is 6.07. The quantitative estimate of drug-likeness (QED) is 0.323. The van der Waals surface area contributed by atoms with E-state index in [-0.39, 0.29) is 23.0 Å². The molecule has 4 rings (SSSR count). The number of amides is 1. The van der Waals surface area contributed by atoms with Crippen LogP contribution in [-0.4, -0.2) is 18.3 Å². The van der Waals surface area contributed by atoms with Crippen LogP contribution in [-0.2, 0) is 9.59 Å². The molecule has 0 saturated heterocycles. The fraction of sp³-hybridized carbons (Fsp3) is 0.515. The fourth-order valence-electron chi connectivity index (χ4n) is 5.80. The molecule has 5 heteroatoms.